The van der Waals surface area contributed by atoms with Crippen LogP contribution in [0.2, 0.25) is 5.02 Å². The zero-order valence-electron chi connectivity index (χ0n) is 10.0. The Morgan fingerprint density at radius 2 is 1.89 bits per heavy atom. The topological polar surface area (TPSA) is 50.4 Å². The van der Waals surface area contributed by atoms with Crippen LogP contribution in [0.4, 0.5) is 5.69 Å². The monoisotopic (exact) mass is 259 g/mol. The number of para-hydroxylation sites is 1. The largest absolute Gasteiger partial charge is 0.308 e. The number of nitrogens with one attached hydrogen (secondary N) is 1. The summed E-state index contributed by atoms with van der Waals surface area (Å²) in [6, 6.07) is 15.3. The molecule has 0 aliphatic heterocycles. The summed E-state index contributed by atoms with van der Waals surface area (Å²) in [7, 11) is 0. The highest BCUT2D eigenvalue weighted by molar-refractivity contribution is 6.31. The summed E-state index contributed by atoms with van der Waals surface area (Å²) in [5.41, 5.74) is 5.36. The lowest BCUT2D eigenvalue weighted by Crippen LogP contribution is -2.30. The molecule has 0 aliphatic rings. The molecule has 4 heteroatoms. The predicted octanol–water partition coefficient (Wildman–Crippen LogP) is 3.19. The summed E-state index contributed by atoms with van der Waals surface area (Å²) >= 11 is 6.00. The zero-order chi connectivity index (χ0) is 13.0. The number of hydrogen-bond donors (Lipinski definition) is 2. The number of rotatable bonds is 2. The lowest BCUT2D eigenvalue weighted by molar-refractivity contribution is 1.02. The number of aryl methyl sites for hydroxylation is 1. The minimum atomic E-state index is 0.612. The van der Waals surface area contributed by atoms with Crippen LogP contribution in [-0.2, 0) is 0 Å². The molecular formula is C14H14ClN3. The third-order valence-corrected chi connectivity index (χ3v) is 2.99. The van der Waals surface area contributed by atoms with Crippen LogP contribution in [-0.4, -0.2) is 5.84 Å². The Hall–Kier alpha value is -1.84. The van der Waals surface area contributed by atoms with Gasteiger partial charge in [-0.2, -0.15) is 0 Å². The maximum Gasteiger partial charge on any atom is 0.147 e. The van der Waals surface area contributed by atoms with E-state index in [2.05, 4.69) is 10.4 Å². The van der Waals surface area contributed by atoms with Crippen molar-refractivity contribution >= 4 is 23.1 Å². The maximum absolute atomic E-state index is 6.00. The predicted molar refractivity (Wildman–Crippen MR) is 76.2 cm³/mol. The number of hydrazine groups is 1. The second-order valence-corrected chi connectivity index (χ2v) is 4.31. The normalized spacial score (nSPS) is 11.4. The minimum Gasteiger partial charge on any atom is -0.308 e. The Kier molecular flexibility index (Phi) is 3.97. The smallest absolute Gasteiger partial charge is 0.147 e. The molecule has 0 bridgehead atoms. The molecule has 2 rings (SSSR count). The average molecular weight is 260 g/mol. The van der Waals surface area contributed by atoms with Crippen LogP contribution in [0.5, 0.6) is 0 Å². The van der Waals surface area contributed by atoms with E-state index in [9.17, 15) is 0 Å². The van der Waals surface area contributed by atoms with Crippen molar-refractivity contribution in [3.05, 3.63) is 64.7 Å². The number of benzene rings is 2. The van der Waals surface area contributed by atoms with Gasteiger partial charge in [-0.05, 0) is 42.8 Å². The van der Waals surface area contributed by atoms with Gasteiger partial charge in [-0.25, -0.2) is 10.8 Å². The Morgan fingerprint density at radius 3 is 2.50 bits per heavy atom. The molecular weight excluding hydrogens is 246 g/mol. The number of aliphatic imine (C=N–C) groups is 1. The second-order valence-electron chi connectivity index (χ2n) is 3.90. The summed E-state index contributed by atoms with van der Waals surface area (Å²) in [4.78, 5) is 4.46. The van der Waals surface area contributed by atoms with E-state index in [4.69, 9.17) is 17.4 Å². The van der Waals surface area contributed by atoms with Crippen LogP contribution in [0.15, 0.2) is 53.5 Å². The van der Waals surface area contributed by atoms with Gasteiger partial charge in [0.1, 0.15) is 5.84 Å². The molecule has 2 aromatic rings. The molecule has 0 saturated carbocycles. The third-order valence-electron chi connectivity index (χ3n) is 2.57. The molecule has 0 spiro atoms. The number of hydrogen-bond acceptors (Lipinski definition) is 2. The van der Waals surface area contributed by atoms with E-state index in [0.717, 1.165) is 21.8 Å². The molecule has 0 radical (unpaired) electrons. The fourth-order valence-corrected chi connectivity index (χ4v) is 1.72. The third kappa shape index (κ3) is 2.88. The van der Waals surface area contributed by atoms with Crippen molar-refractivity contribution in [2.75, 3.05) is 0 Å². The molecule has 0 heterocycles. The Morgan fingerprint density at radius 1 is 1.17 bits per heavy atom. The zero-order valence-corrected chi connectivity index (χ0v) is 10.8. The minimum absolute atomic E-state index is 0.612. The first-order chi connectivity index (χ1) is 8.70. The second kappa shape index (κ2) is 5.67. The van der Waals surface area contributed by atoms with Crippen molar-refractivity contribution in [1.82, 2.24) is 5.43 Å². The van der Waals surface area contributed by atoms with Gasteiger partial charge in [-0.15, -0.1) is 0 Å². The van der Waals surface area contributed by atoms with E-state index in [1.54, 1.807) is 0 Å². The summed E-state index contributed by atoms with van der Waals surface area (Å²) in [6.07, 6.45) is 0. The van der Waals surface area contributed by atoms with Crippen molar-refractivity contribution in [3.63, 3.8) is 0 Å². The van der Waals surface area contributed by atoms with Crippen molar-refractivity contribution < 1.29 is 0 Å². The van der Waals surface area contributed by atoms with E-state index in [1.165, 1.54) is 0 Å². The first kappa shape index (κ1) is 12.6. The first-order valence-electron chi connectivity index (χ1n) is 5.57. The van der Waals surface area contributed by atoms with E-state index in [0.29, 0.717) is 5.84 Å². The van der Waals surface area contributed by atoms with Crippen LogP contribution in [0.3, 0.4) is 0 Å². The molecule has 3 N–H and O–H groups in total. The van der Waals surface area contributed by atoms with Crippen molar-refractivity contribution in [2.24, 2.45) is 10.8 Å². The SMILES string of the molecule is Cc1cc(C(=Nc2ccccc2)NN)ccc1Cl. The molecule has 0 unspecified atom stereocenters. The highest BCUT2D eigenvalue weighted by atomic mass is 35.5. The van der Waals surface area contributed by atoms with Crippen LogP contribution in [0.25, 0.3) is 0 Å². The molecule has 0 amide bonds. The Labute approximate surface area is 111 Å². The Balaban J connectivity index is 2.39. The molecule has 0 fully saturated rings. The molecule has 0 aliphatic carbocycles. The van der Waals surface area contributed by atoms with Gasteiger partial charge in [0.15, 0.2) is 0 Å². The van der Waals surface area contributed by atoms with Gasteiger partial charge in [0.25, 0.3) is 0 Å². The van der Waals surface area contributed by atoms with Crippen LogP contribution < -0.4 is 11.3 Å². The van der Waals surface area contributed by atoms with E-state index >= 15 is 0 Å². The Bertz CT molecular complexity index is 565. The molecule has 0 saturated heterocycles. The fourth-order valence-electron chi connectivity index (χ4n) is 1.60. The molecule has 2 aromatic carbocycles. The lowest BCUT2D eigenvalue weighted by atomic mass is 10.1. The first-order valence-corrected chi connectivity index (χ1v) is 5.95. The van der Waals surface area contributed by atoms with Gasteiger partial charge in [0.2, 0.25) is 0 Å². The van der Waals surface area contributed by atoms with Crippen molar-refractivity contribution in [3.8, 4) is 0 Å². The quantitative estimate of drug-likeness (QED) is 0.377. The summed E-state index contributed by atoms with van der Waals surface area (Å²) < 4.78 is 0. The number of nitrogens with zero attached hydrogens (tertiary/aromatic N) is 1. The molecule has 0 atom stereocenters. The number of halogens is 1. The van der Waals surface area contributed by atoms with Gasteiger partial charge in [-0.1, -0.05) is 29.8 Å². The van der Waals surface area contributed by atoms with Gasteiger partial charge < -0.3 is 5.43 Å². The van der Waals surface area contributed by atoms with E-state index in [1.807, 2.05) is 55.5 Å². The van der Waals surface area contributed by atoms with Crippen LogP contribution >= 0.6 is 11.6 Å². The van der Waals surface area contributed by atoms with Gasteiger partial charge in [0.05, 0.1) is 5.69 Å². The lowest BCUT2D eigenvalue weighted by Gasteiger charge is -2.07. The maximum atomic E-state index is 6.00. The highest BCUT2D eigenvalue weighted by Gasteiger charge is 2.04. The summed E-state index contributed by atoms with van der Waals surface area (Å²) in [6.45, 7) is 1.95. The number of nitrogens with two attached hydrogens (primary N) is 1. The van der Waals surface area contributed by atoms with E-state index in [-0.39, 0.29) is 0 Å². The fraction of sp³-hybridized carbons (Fsp3) is 0.0714. The van der Waals surface area contributed by atoms with E-state index < -0.39 is 0 Å². The average Bonchev–Trinajstić information content (AvgIpc) is 2.40. The molecule has 0 aromatic heterocycles. The van der Waals surface area contributed by atoms with Gasteiger partial charge in [-0.3, -0.25) is 0 Å². The molecule has 3 nitrogen and oxygen atoms in total. The summed E-state index contributed by atoms with van der Waals surface area (Å²) in [5.74, 6) is 6.14. The standard InChI is InChI=1S/C14H14ClN3/c1-10-9-11(7-8-13(10)15)14(18-16)17-12-5-3-2-4-6-12/h2-9H,16H2,1H3,(H,17,18). The van der Waals surface area contributed by atoms with Crippen LogP contribution in [0.1, 0.15) is 11.1 Å². The summed E-state index contributed by atoms with van der Waals surface area (Å²) in [5, 5.41) is 0.731. The van der Waals surface area contributed by atoms with Crippen molar-refractivity contribution in [1.29, 1.82) is 0 Å². The number of amidine groups is 1. The van der Waals surface area contributed by atoms with Crippen LogP contribution in [0, 0.1) is 6.92 Å². The van der Waals surface area contributed by atoms with Gasteiger partial charge >= 0.3 is 0 Å². The van der Waals surface area contributed by atoms with Crippen molar-refractivity contribution in [2.45, 2.75) is 6.92 Å². The molecule has 18 heavy (non-hydrogen) atoms. The van der Waals surface area contributed by atoms with Gasteiger partial charge in [0, 0.05) is 10.6 Å². The molecule has 92 valence electrons. The highest BCUT2D eigenvalue weighted by Crippen LogP contribution is 2.18.